The lowest BCUT2D eigenvalue weighted by Gasteiger charge is -2.23. The molecule has 1 atom stereocenters. The van der Waals surface area contributed by atoms with Crippen molar-refractivity contribution in [3.8, 4) is 16.9 Å². The van der Waals surface area contributed by atoms with Crippen LogP contribution in [-0.4, -0.2) is 23.1 Å². The third-order valence-corrected chi connectivity index (χ3v) is 7.48. The highest BCUT2D eigenvalue weighted by molar-refractivity contribution is 5.85. The van der Waals surface area contributed by atoms with E-state index in [2.05, 4.69) is 10.1 Å². The number of halogens is 2. The summed E-state index contributed by atoms with van der Waals surface area (Å²) in [5.41, 5.74) is 3.61. The van der Waals surface area contributed by atoms with E-state index in [1.807, 2.05) is 25.1 Å². The average molecular weight is 615 g/mol. The second kappa shape index (κ2) is 13.2. The summed E-state index contributed by atoms with van der Waals surface area (Å²) in [5.74, 6) is -1.39. The Labute approximate surface area is 258 Å². The van der Waals surface area contributed by atoms with Gasteiger partial charge in [-0.25, -0.2) is 8.78 Å². The van der Waals surface area contributed by atoms with Gasteiger partial charge in [0.25, 0.3) is 5.56 Å². The number of nitrogens with one attached hydrogen (secondary N) is 1. The largest absolute Gasteiger partial charge is 0.488 e. The molecule has 0 saturated heterocycles. The number of hydrogen-bond donors (Lipinski definition) is 1. The minimum Gasteiger partial charge on any atom is -0.488 e. The van der Waals surface area contributed by atoms with Crippen LogP contribution in [0.5, 0.6) is 5.75 Å². The van der Waals surface area contributed by atoms with Crippen LogP contribution < -0.4 is 15.6 Å². The number of hydrogen-bond acceptors (Lipinski definition) is 6. The molecule has 4 bridgehead atoms. The maximum Gasteiger partial charge on any atom is 0.302 e. The van der Waals surface area contributed by atoms with Crippen molar-refractivity contribution in [3.63, 3.8) is 0 Å². The molecule has 0 saturated carbocycles. The Morgan fingerprint density at radius 3 is 2.58 bits per heavy atom. The summed E-state index contributed by atoms with van der Waals surface area (Å²) in [4.78, 5) is 36.9. The van der Waals surface area contributed by atoms with Crippen molar-refractivity contribution >= 4 is 22.8 Å². The monoisotopic (exact) mass is 614 g/mol. The van der Waals surface area contributed by atoms with E-state index in [0.29, 0.717) is 29.1 Å². The average Bonchev–Trinajstić information content (AvgIpc) is 3.49. The van der Waals surface area contributed by atoms with Crippen molar-refractivity contribution in [2.45, 2.75) is 46.9 Å². The molecule has 45 heavy (non-hydrogen) atoms. The topological polar surface area (TPSA) is 99.8 Å². The number of aromatic nitrogens is 1. The number of amides is 1. The molecule has 1 amide bonds. The van der Waals surface area contributed by atoms with E-state index < -0.39 is 29.1 Å². The molecule has 8 nitrogen and oxygen atoms in total. The molecule has 6 rings (SSSR count). The van der Waals surface area contributed by atoms with E-state index in [-0.39, 0.29) is 35.6 Å². The number of nitrogens with zero attached hydrogens (tertiary/aromatic N) is 1. The minimum atomic E-state index is -1.36. The van der Waals surface area contributed by atoms with Crippen molar-refractivity contribution in [3.05, 3.63) is 123 Å². The number of benzene rings is 3. The number of carbonyl (C=O) groups is 2. The number of fused-ring (bicyclic) bond motifs is 7. The van der Waals surface area contributed by atoms with Gasteiger partial charge < -0.3 is 19.2 Å². The van der Waals surface area contributed by atoms with Crippen LogP contribution in [0, 0.1) is 25.5 Å². The van der Waals surface area contributed by atoms with Crippen molar-refractivity contribution in [2.24, 2.45) is 0 Å². The van der Waals surface area contributed by atoms with Gasteiger partial charge in [0.15, 0.2) is 0 Å². The Kier molecular flexibility index (Phi) is 9.13. The van der Waals surface area contributed by atoms with E-state index in [9.17, 15) is 14.4 Å². The van der Waals surface area contributed by atoms with Crippen LogP contribution in [0.3, 0.4) is 0 Å². The summed E-state index contributed by atoms with van der Waals surface area (Å²) < 4.78 is 47.7. The maximum atomic E-state index is 15.3. The Morgan fingerprint density at radius 1 is 1.04 bits per heavy atom. The predicted molar refractivity (Wildman–Crippen MR) is 165 cm³/mol. The standard InChI is InChI=1S/C31H24F2N2O4.C4H8O2/c1-17-4-3-5-26-27(17)20-12-18(2)28(33)21(14-20)15-34-30(36)29(23-13-19(16-39-26)6-7-24(23)32)35-10-8-25-22(31(35)37)9-11-38-25;1-3-6-4(2)5/h3-14,29H,15-16H2,1-2H3,(H,34,36);3H2,1-2H3. The van der Waals surface area contributed by atoms with Crippen LogP contribution in [0.1, 0.15) is 47.7 Å². The lowest BCUT2D eigenvalue weighted by atomic mass is 9.95. The zero-order valence-electron chi connectivity index (χ0n) is 25.3. The summed E-state index contributed by atoms with van der Waals surface area (Å²) >= 11 is 0. The fourth-order valence-corrected chi connectivity index (χ4v) is 5.38. The number of ether oxygens (including phenoxy) is 2. The van der Waals surface area contributed by atoms with Crippen LogP contribution in [0.15, 0.2) is 82.3 Å². The molecular formula is C35H32F2N2O6. The van der Waals surface area contributed by atoms with E-state index in [4.69, 9.17) is 9.15 Å². The normalized spacial score (nSPS) is 14.3. The zero-order chi connectivity index (χ0) is 32.2. The van der Waals surface area contributed by atoms with Crippen LogP contribution in [-0.2, 0) is 27.5 Å². The summed E-state index contributed by atoms with van der Waals surface area (Å²) in [6, 6.07) is 15.1. The number of aryl methyl sites for hydroxylation is 2. The summed E-state index contributed by atoms with van der Waals surface area (Å²) in [5, 5.41) is 3.00. The molecule has 1 unspecified atom stereocenters. The SMILES string of the molecule is CCOC(C)=O.Cc1cc2cc(c1F)CNC(=O)C(n1ccc3occc3c1=O)c1cc(ccc1F)COc1cccc(C)c1-2. The molecule has 3 heterocycles. The van der Waals surface area contributed by atoms with Crippen molar-refractivity contribution < 1.29 is 32.3 Å². The highest BCUT2D eigenvalue weighted by Crippen LogP contribution is 2.36. The first-order valence-electron chi connectivity index (χ1n) is 14.4. The first-order valence-corrected chi connectivity index (χ1v) is 14.4. The first-order chi connectivity index (χ1) is 21.6. The molecule has 1 aliphatic rings. The lowest BCUT2D eigenvalue weighted by molar-refractivity contribution is -0.140. The van der Waals surface area contributed by atoms with E-state index in [1.165, 1.54) is 42.1 Å². The Balaban J connectivity index is 0.000000609. The first kappa shape index (κ1) is 31.2. The summed E-state index contributed by atoms with van der Waals surface area (Å²) in [7, 11) is 0. The Hall–Kier alpha value is -5.25. The van der Waals surface area contributed by atoms with Crippen LogP contribution in [0.2, 0.25) is 0 Å². The van der Waals surface area contributed by atoms with Crippen LogP contribution in [0.25, 0.3) is 22.1 Å². The predicted octanol–water partition coefficient (Wildman–Crippen LogP) is 6.52. The van der Waals surface area contributed by atoms with Crippen molar-refractivity contribution in [1.29, 1.82) is 0 Å². The quantitative estimate of drug-likeness (QED) is 0.227. The van der Waals surface area contributed by atoms with E-state index in [1.54, 1.807) is 38.1 Å². The van der Waals surface area contributed by atoms with Gasteiger partial charge in [-0.3, -0.25) is 19.0 Å². The fourth-order valence-electron chi connectivity index (χ4n) is 5.38. The number of pyridine rings is 1. The van der Waals surface area contributed by atoms with Gasteiger partial charge in [-0.2, -0.15) is 0 Å². The number of furan rings is 1. The molecule has 232 valence electrons. The molecule has 0 fully saturated rings. The van der Waals surface area contributed by atoms with E-state index >= 15 is 8.78 Å². The van der Waals surface area contributed by atoms with Gasteiger partial charge in [-0.05, 0) is 85.5 Å². The molecule has 0 radical (unpaired) electrons. The van der Waals surface area contributed by atoms with Gasteiger partial charge in [0.2, 0.25) is 5.91 Å². The maximum absolute atomic E-state index is 15.3. The molecule has 1 N–H and O–H groups in total. The van der Waals surface area contributed by atoms with E-state index in [0.717, 1.165) is 16.7 Å². The number of esters is 1. The molecular weight excluding hydrogens is 582 g/mol. The third-order valence-electron chi connectivity index (χ3n) is 7.48. The van der Waals surface area contributed by atoms with Gasteiger partial charge in [0.1, 0.15) is 35.6 Å². The molecule has 1 aliphatic heterocycles. The number of rotatable bonds is 2. The van der Waals surface area contributed by atoms with Crippen molar-refractivity contribution in [1.82, 2.24) is 9.88 Å². The van der Waals surface area contributed by atoms with Crippen molar-refractivity contribution in [2.75, 3.05) is 6.61 Å². The minimum absolute atomic E-state index is 0.00882. The van der Waals surface area contributed by atoms with Crippen LogP contribution >= 0.6 is 0 Å². The Morgan fingerprint density at radius 2 is 1.84 bits per heavy atom. The molecule has 5 aromatic rings. The Bertz CT molecular complexity index is 1960. The highest BCUT2D eigenvalue weighted by Gasteiger charge is 2.28. The third kappa shape index (κ3) is 6.50. The second-order valence-electron chi connectivity index (χ2n) is 10.6. The highest BCUT2D eigenvalue weighted by atomic mass is 19.1. The van der Waals surface area contributed by atoms with Crippen LogP contribution in [0.4, 0.5) is 8.78 Å². The van der Waals surface area contributed by atoms with Gasteiger partial charge >= 0.3 is 5.97 Å². The summed E-state index contributed by atoms with van der Waals surface area (Å²) in [6.07, 6.45) is 2.77. The zero-order valence-corrected chi connectivity index (χ0v) is 25.3. The number of carbonyl (C=O) groups excluding carboxylic acids is 2. The second-order valence-corrected chi connectivity index (χ2v) is 10.6. The molecule has 0 aliphatic carbocycles. The van der Waals surface area contributed by atoms with Gasteiger partial charge in [0, 0.05) is 36.4 Å². The molecule has 2 aromatic heterocycles. The smallest absolute Gasteiger partial charge is 0.302 e. The molecule has 0 spiro atoms. The summed E-state index contributed by atoms with van der Waals surface area (Å²) in [6.45, 7) is 7.18. The fraction of sp³-hybridized carbons (Fsp3) is 0.229. The van der Waals surface area contributed by atoms with Gasteiger partial charge in [-0.1, -0.05) is 18.2 Å². The molecule has 3 aromatic carbocycles. The van der Waals surface area contributed by atoms with Gasteiger partial charge in [-0.15, -0.1) is 0 Å². The molecule has 10 heteroatoms. The van der Waals surface area contributed by atoms with Gasteiger partial charge in [0.05, 0.1) is 18.3 Å². The lowest BCUT2D eigenvalue weighted by Crippen LogP contribution is -2.38.